The van der Waals surface area contributed by atoms with E-state index in [0.29, 0.717) is 18.6 Å². The molecule has 1 aromatic carbocycles. The first-order valence-electron chi connectivity index (χ1n) is 6.63. The fourth-order valence-corrected chi connectivity index (χ4v) is 2.78. The summed E-state index contributed by atoms with van der Waals surface area (Å²) in [7, 11) is 0. The molecule has 1 saturated carbocycles. The SMILES string of the molecule is CCOc1ccc(Cl)cc1NC1CCCC1CN. The van der Waals surface area contributed by atoms with Gasteiger partial charge in [0, 0.05) is 11.1 Å². The van der Waals surface area contributed by atoms with E-state index in [9.17, 15) is 0 Å². The molecule has 0 radical (unpaired) electrons. The largest absolute Gasteiger partial charge is 0.492 e. The molecule has 4 heteroatoms. The van der Waals surface area contributed by atoms with E-state index in [-0.39, 0.29) is 0 Å². The Hall–Kier alpha value is -0.930. The normalized spacial score (nSPS) is 23.1. The molecule has 0 saturated heterocycles. The fourth-order valence-electron chi connectivity index (χ4n) is 2.61. The highest BCUT2D eigenvalue weighted by Gasteiger charge is 2.26. The number of ether oxygens (including phenoxy) is 1. The van der Waals surface area contributed by atoms with Crippen molar-refractivity contribution < 1.29 is 4.74 Å². The highest BCUT2D eigenvalue weighted by molar-refractivity contribution is 6.30. The molecule has 1 fully saturated rings. The Morgan fingerprint density at radius 3 is 3.00 bits per heavy atom. The summed E-state index contributed by atoms with van der Waals surface area (Å²) in [5.41, 5.74) is 6.79. The topological polar surface area (TPSA) is 47.3 Å². The maximum atomic E-state index is 6.05. The second kappa shape index (κ2) is 6.30. The molecule has 0 amide bonds. The zero-order chi connectivity index (χ0) is 13.0. The van der Waals surface area contributed by atoms with Crippen LogP contribution in [0.5, 0.6) is 5.75 Å². The quantitative estimate of drug-likeness (QED) is 0.862. The van der Waals surface area contributed by atoms with Crippen LogP contribution in [0.3, 0.4) is 0 Å². The lowest BCUT2D eigenvalue weighted by Crippen LogP contribution is -2.29. The number of hydrogen-bond acceptors (Lipinski definition) is 3. The van der Waals surface area contributed by atoms with E-state index in [1.807, 2.05) is 25.1 Å². The van der Waals surface area contributed by atoms with Crippen LogP contribution in [0.1, 0.15) is 26.2 Å². The van der Waals surface area contributed by atoms with Crippen molar-refractivity contribution in [3.05, 3.63) is 23.2 Å². The molecule has 100 valence electrons. The summed E-state index contributed by atoms with van der Waals surface area (Å²) in [5, 5.41) is 4.27. The third kappa shape index (κ3) is 3.09. The predicted molar refractivity (Wildman–Crippen MR) is 76.4 cm³/mol. The first kappa shape index (κ1) is 13.5. The molecule has 2 unspecified atom stereocenters. The van der Waals surface area contributed by atoms with Crippen molar-refractivity contribution in [2.75, 3.05) is 18.5 Å². The van der Waals surface area contributed by atoms with Gasteiger partial charge in [-0.1, -0.05) is 18.0 Å². The van der Waals surface area contributed by atoms with Crippen molar-refractivity contribution >= 4 is 17.3 Å². The van der Waals surface area contributed by atoms with E-state index in [2.05, 4.69) is 5.32 Å². The Morgan fingerprint density at radius 1 is 1.44 bits per heavy atom. The Labute approximate surface area is 114 Å². The zero-order valence-electron chi connectivity index (χ0n) is 10.8. The minimum Gasteiger partial charge on any atom is -0.492 e. The van der Waals surface area contributed by atoms with Crippen molar-refractivity contribution in [2.24, 2.45) is 11.7 Å². The minimum absolute atomic E-state index is 0.438. The first-order valence-corrected chi connectivity index (χ1v) is 7.01. The van der Waals surface area contributed by atoms with Crippen molar-refractivity contribution in [3.63, 3.8) is 0 Å². The van der Waals surface area contributed by atoms with Gasteiger partial charge in [-0.15, -0.1) is 0 Å². The summed E-state index contributed by atoms with van der Waals surface area (Å²) in [4.78, 5) is 0. The molecule has 0 heterocycles. The number of halogens is 1. The third-order valence-electron chi connectivity index (χ3n) is 3.54. The maximum Gasteiger partial charge on any atom is 0.142 e. The van der Waals surface area contributed by atoms with Crippen LogP contribution in [0.15, 0.2) is 18.2 Å². The second-order valence-corrected chi connectivity index (χ2v) is 5.19. The van der Waals surface area contributed by atoms with Gasteiger partial charge in [0.1, 0.15) is 5.75 Å². The molecule has 18 heavy (non-hydrogen) atoms. The molecule has 0 aliphatic heterocycles. The number of nitrogens with one attached hydrogen (secondary N) is 1. The van der Waals surface area contributed by atoms with E-state index in [0.717, 1.165) is 23.0 Å². The highest BCUT2D eigenvalue weighted by Crippen LogP contribution is 2.33. The second-order valence-electron chi connectivity index (χ2n) is 4.75. The van der Waals surface area contributed by atoms with Gasteiger partial charge in [-0.3, -0.25) is 0 Å². The lowest BCUT2D eigenvalue weighted by Gasteiger charge is -2.22. The number of rotatable bonds is 5. The zero-order valence-corrected chi connectivity index (χ0v) is 11.5. The molecule has 3 nitrogen and oxygen atoms in total. The highest BCUT2D eigenvalue weighted by atomic mass is 35.5. The Morgan fingerprint density at radius 2 is 2.28 bits per heavy atom. The molecule has 0 bridgehead atoms. The van der Waals surface area contributed by atoms with E-state index < -0.39 is 0 Å². The lowest BCUT2D eigenvalue weighted by atomic mass is 10.0. The van der Waals surface area contributed by atoms with Gasteiger partial charge in [0.15, 0.2) is 0 Å². The molecule has 1 aliphatic carbocycles. The number of nitrogens with two attached hydrogens (primary N) is 1. The monoisotopic (exact) mass is 268 g/mol. The van der Waals surface area contributed by atoms with Gasteiger partial charge >= 0.3 is 0 Å². The van der Waals surface area contributed by atoms with Crippen LogP contribution in [0.25, 0.3) is 0 Å². The molecule has 0 spiro atoms. The van der Waals surface area contributed by atoms with Gasteiger partial charge in [0.05, 0.1) is 12.3 Å². The summed E-state index contributed by atoms with van der Waals surface area (Å²) < 4.78 is 5.62. The molecule has 1 aromatic rings. The summed E-state index contributed by atoms with van der Waals surface area (Å²) >= 11 is 6.05. The summed E-state index contributed by atoms with van der Waals surface area (Å²) in [6.45, 7) is 3.38. The number of anilines is 1. The summed E-state index contributed by atoms with van der Waals surface area (Å²) in [5.74, 6) is 1.42. The molecular weight excluding hydrogens is 248 g/mol. The Balaban J connectivity index is 2.14. The van der Waals surface area contributed by atoms with Crippen molar-refractivity contribution in [1.82, 2.24) is 0 Å². The van der Waals surface area contributed by atoms with Crippen LogP contribution in [-0.4, -0.2) is 19.2 Å². The molecular formula is C14H21ClN2O. The Kier molecular flexibility index (Phi) is 4.72. The standard InChI is InChI=1S/C14H21ClN2O/c1-2-18-14-7-6-11(15)8-13(14)17-12-5-3-4-10(12)9-16/h6-8,10,12,17H,2-5,9,16H2,1H3. The fraction of sp³-hybridized carbons (Fsp3) is 0.571. The van der Waals surface area contributed by atoms with E-state index in [4.69, 9.17) is 22.1 Å². The third-order valence-corrected chi connectivity index (χ3v) is 3.78. The van der Waals surface area contributed by atoms with Crippen LogP contribution < -0.4 is 15.8 Å². The lowest BCUT2D eigenvalue weighted by molar-refractivity contribution is 0.341. The summed E-state index contributed by atoms with van der Waals surface area (Å²) in [6.07, 6.45) is 3.61. The van der Waals surface area contributed by atoms with Gasteiger partial charge in [-0.25, -0.2) is 0 Å². The van der Waals surface area contributed by atoms with Crippen LogP contribution in [0.2, 0.25) is 5.02 Å². The maximum absolute atomic E-state index is 6.05. The number of hydrogen-bond donors (Lipinski definition) is 2. The van der Waals surface area contributed by atoms with E-state index in [1.165, 1.54) is 19.3 Å². The summed E-state index contributed by atoms with van der Waals surface area (Å²) in [6, 6.07) is 6.14. The molecule has 2 rings (SSSR count). The van der Waals surface area contributed by atoms with Gasteiger partial charge in [-0.2, -0.15) is 0 Å². The van der Waals surface area contributed by atoms with Crippen LogP contribution in [0, 0.1) is 5.92 Å². The van der Waals surface area contributed by atoms with Crippen LogP contribution >= 0.6 is 11.6 Å². The van der Waals surface area contributed by atoms with Crippen molar-refractivity contribution in [3.8, 4) is 5.75 Å². The van der Waals surface area contributed by atoms with Gasteiger partial charge in [0.25, 0.3) is 0 Å². The average molecular weight is 269 g/mol. The minimum atomic E-state index is 0.438. The van der Waals surface area contributed by atoms with Gasteiger partial charge in [0.2, 0.25) is 0 Å². The molecule has 0 aromatic heterocycles. The van der Waals surface area contributed by atoms with E-state index in [1.54, 1.807) is 0 Å². The first-order chi connectivity index (χ1) is 8.74. The van der Waals surface area contributed by atoms with E-state index >= 15 is 0 Å². The Bertz CT molecular complexity index is 397. The van der Waals surface area contributed by atoms with Crippen molar-refractivity contribution in [2.45, 2.75) is 32.2 Å². The molecule has 1 aliphatic rings. The molecule has 2 atom stereocenters. The number of benzene rings is 1. The van der Waals surface area contributed by atoms with Crippen LogP contribution in [-0.2, 0) is 0 Å². The van der Waals surface area contributed by atoms with Crippen LogP contribution in [0.4, 0.5) is 5.69 Å². The van der Waals surface area contributed by atoms with Gasteiger partial charge < -0.3 is 15.8 Å². The smallest absolute Gasteiger partial charge is 0.142 e. The molecule has 3 N–H and O–H groups in total. The predicted octanol–water partition coefficient (Wildman–Crippen LogP) is 3.28. The average Bonchev–Trinajstić information content (AvgIpc) is 2.80. The van der Waals surface area contributed by atoms with Gasteiger partial charge in [-0.05, 0) is 50.4 Å². The van der Waals surface area contributed by atoms with Crippen molar-refractivity contribution in [1.29, 1.82) is 0 Å².